The number of rotatable bonds is 3. The zero-order chi connectivity index (χ0) is 9.84. The molecule has 0 N–H and O–H groups in total. The van der Waals surface area contributed by atoms with E-state index in [2.05, 4.69) is 35.8 Å². The molecule has 0 amide bonds. The van der Waals surface area contributed by atoms with Gasteiger partial charge >= 0.3 is 0 Å². The van der Waals surface area contributed by atoms with Crippen molar-refractivity contribution in [3.8, 4) is 5.75 Å². The van der Waals surface area contributed by atoms with E-state index in [1.54, 1.807) is 0 Å². The minimum atomic E-state index is 0.523. The van der Waals surface area contributed by atoms with E-state index >= 15 is 0 Å². The summed E-state index contributed by atoms with van der Waals surface area (Å²) in [5, 5.41) is 0. The normalized spacial score (nSPS) is 10.5. The highest BCUT2D eigenvalue weighted by Crippen LogP contribution is 2.28. The van der Waals surface area contributed by atoms with Crippen LogP contribution in [0.2, 0.25) is 0 Å². The van der Waals surface area contributed by atoms with E-state index in [-0.39, 0.29) is 0 Å². The minimum Gasteiger partial charge on any atom is -0.494 e. The average molecular weight is 243 g/mol. The molecule has 0 radical (unpaired) electrons. The Morgan fingerprint density at radius 3 is 2.62 bits per heavy atom. The van der Waals surface area contributed by atoms with E-state index in [9.17, 15) is 0 Å². The third kappa shape index (κ3) is 2.73. The molecule has 72 valence electrons. The summed E-state index contributed by atoms with van der Waals surface area (Å²) in [4.78, 5) is 0. The molecule has 0 saturated heterocycles. The van der Waals surface area contributed by atoms with Crippen molar-refractivity contribution in [3.05, 3.63) is 28.2 Å². The molecule has 2 heteroatoms. The van der Waals surface area contributed by atoms with E-state index in [0.717, 1.165) is 16.8 Å². The zero-order valence-electron chi connectivity index (χ0n) is 8.30. The molecule has 0 spiro atoms. The van der Waals surface area contributed by atoms with Gasteiger partial charge in [0.1, 0.15) is 5.75 Å². The summed E-state index contributed by atoms with van der Waals surface area (Å²) in [7, 11) is 0. The topological polar surface area (TPSA) is 9.23 Å². The fourth-order valence-electron chi connectivity index (χ4n) is 1.22. The molecule has 1 nitrogen and oxygen atoms in total. The van der Waals surface area contributed by atoms with Crippen LogP contribution >= 0.6 is 15.9 Å². The lowest BCUT2D eigenvalue weighted by atomic mass is 10.0. The van der Waals surface area contributed by atoms with Crippen molar-refractivity contribution < 1.29 is 4.74 Å². The molecule has 0 fully saturated rings. The van der Waals surface area contributed by atoms with Gasteiger partial charge in [0.15, 0.2) is 0 Å². The predicted molar refractivity (Wildman–Crippen MR) is 59.4 cm³/mol. The van der Waals surface area contributed by atoms with E-state index in [4.69, 9.17) is 4.74 Å². The van der Waals surface area contributed by atoms with Crippen LogP contribution in [-0.2, 0) is 0 Å². The van der Waals surface area contributed by atoms with Crippen LogP contribution in [0.5, 0.6) is 5.75 Å². The highest BCUT2D eigenvalue weighted by Gasteiger charge is 2.05. The molecule has 0 unspecified atom stereocenters. The van der Waals surface area contributed by atoms with Crippen molar-refractivity contribution in [1.82, 2.24) is 0 Å². The maximum absolute atomic E-state index is 5.43. The van der Waals surface area contributed by atoms with Gasteiger partial charge < -0.3 is 4.74 Å². The van der Waals surface area contributed by atoms with Gasteiger partial charge in [0.2, 0.25) is 0 Å². The Bertz CT molecular complexity index is 281. The van der Waals surface area contributed by atoms with Crippen LogP contribution in [0.15, 0.2) is 22.7 Å². The molecule has 0 aromatic heterocycles. The molecule has 0 heterocycles. The average Bonchev–Trinajstić information content (AvgIpc) is 2.08. The molecule has 1 aromatic carbocycles. The van der Waals surface area contributed by atoms with Gasteiger partial charge in [-0.2, -0.15) is 0 Å². The highest BCUT2D eigenvalue weighted by atomic mass is 79.9. The van der Waals surface area contributed by atoms with E-state index in [1.807, 2.05) is 19.1 Å². The van der Waals surface area contributed by atoms with Crippen molar-refractivity contribution in [2.75, 3.05) is 6.61 Å². The first-order valence-electron chi connectivity index (χ1n) is 4.57. The van der Waals surface area contributed by atoms with Crippen LogP contribution in [0, 0.1) is 0 Å². The molecule has 1 rings (SSSR count). The first-order chi connectivity index (χ1) is 6.15. The van der Waals surface area contributed by atoms with Gasteiger partial charge in [-0.05, 0) is 36.6 Å². The van der Waals surface area contributed by atoms with Gasteiger partial charge in [0.05, 0.1) is 6.61 Å². The van der Waals surface area contributed by atoms with Crippen LogP contribution in [0.25, 0.3) is 0 Å². The summed E-state index contributed by atoms with van der Waals surface area (Å²) in [6.45, 7) is 7.07. The number of hydrogen-bond donors (Lipinski definition) is 0. The summed E-state index contributed by atoms with van der Waals surface area (Å²) in [5.74, 6) is 1.48. The molecule has 0 saturated carbocycles. The van der Waals surface area contributed by atoms with Gasteiger partial charge in [0, 0.05) is 4.47 Å². The Morgan fingerprint density at radius 1 is 1.38 bits per heavy atom. The van der Waals surface area contributed by atoms with Crippen molar-refractivity contribution in [2.45, 2.75) is 26.7 Å². The second-order valence-corrected chi connectivity index (χ2v) is 4.13. The standard InChI is InChI=1S/C11H15BrO/c1-4-13-9-5-6-11(12)10(7-9)8(2)3/h5-8H,4H2,1-3H3. The Kier molecular flexibility index (Phi) is 3.79. The second kappa shape index (κ2) is 4.66. The number of halogens is 1. The molecule has 0 bridgehead atoms. The highest BCUT2D eigenvalue weighted by molar-refractivity contribution is 9.10. The Balaban J connectivity index is 2.97. The minimum absolute atomic E-state index is 0.523. The van der Waals surface area contributed by atoms with Gasteiger partial charge in [-0.15, -0.1) is 0 Å². The smallest absolute Gasteiger partial charge is 0.119 e. The molecular formula is C11H15BrO. The first-order valence-corrected chi connectivity index (χ1v) is 5.36. The Hall–Kier alpha value is -0.500. The third-order valence-electron chi connectivity index (χ3n) is 1.90. The molecule has 0 aliphatic carbocycles. The van der Waals surface area contributed by atoms with E-state index in [1.165, 1.54) is 5.56 Å². The monoisotopic (exact) mass is 242 g/mol. The number of ether oxygens (including phenoxy) is 1. The van der Waals surface area contributed by atoms with E-state index in [0.29, 0.717) is 5.92 Å². The number of hydrogen-bond acceptors (Lipinski definition) is 1. The zero-order valence-corrected chi connectivity index (χ0v) is 9.89. The maximum atomic E-state index is 5.43. The van der Waals surface area contributed by atoms with Crippen molar-refractivity contribution >= 4 is 15.9 Å². The molecule has 1 aromatic rings. The quantitative estimate of drug-likeness (QED) is 0.780. The Morgan fingerprint density at radius 2 is 2.08 bits per heavy atom. The van der Waals surface area contributed by atoms with Crippen molar-refractivity contribution in [1.29, 1.82) is 0 Å². The molecule has 0 atom stereocenters. The second-order valence-electron chi connectivity index (χ2n) is 3.27. The molecule has 13 heavy (non-hydrogen) atoms. The molecule has 0 aliphatic heterocycles. The van der Waals surface area contributed by atoms with Gasteiger partial charge in [0.25, 0.3) is 0 Å². The Labute approximate surface area is 88.2 Å². The lowest BCUT2D eigenvalue weighted by Gasteiger charge is -2.10. The van der Waals surface area contributed by atoms with Gasteiger partial charge in [-0.3, -0.25) is 0 Å². The van der Waals surface area contributed by atoms with Crippen LogP contribution in [0.4, 0.5) is 0 Å². The first kappa shape index (κ1) is 10.6. The van der Waals surface area contributed by atoms with Crippen LogP contribution in [0.1, 0.15) is 32.3 Å². The summed E-state index contributed by atoms with van der Waals surface area (Å²) in [6, 6.07) is 6.12. The van der Waals surface area contributed by atoms with E-state index < -0.39 is 0 Å². The van der Waals surface area contributed by atoms with Crippen LogP contribution < -0.4 is 4.74 Å². The lowest BCUT2D eigenvalue weighted by molar-refractivity contribution is 0.339. The molecule has 0 aliphatic rings. The summed E-state index contributed by atoms with van der Waals surface area (Å²) >= 11 is 3.53. The van der Waals surface area contributed by atoms with Gasteiger partial charge in [-0.25, -0.2) is 0 Å². The lowest BCUT2D eigenvalue weighted by Crippen LogP contribution is -1.94. The predicted octanol–water partition coefficient (Wildman–Crippen LogP) is 3.97. The van der Waals surface area contributed by atoms with Gasteiger partial charge in [-0.1, -0.05) is 29.8 Å². The van der Waals surface area contributed by atoms with Crippen LogP contribution in [-0.4, -0.2) is 6.61 Å². The summed E-state index contributed by atoms with van der Waals surface area (Å²) in [6.07, 6.45) is 0. The molecular weight excluding hydrogens is 228 g/mol. The maximum Gasteiger partial charge on any atom is 0.119 e. The van der Waals surface area contributed by atoms with Crippen molar-refractivity contribution in [2.24, 2.45) is 0 Å². The number of benzene rings is 1. The largest absolute Gasteiger partial charge is 0.494 e. The third-order valence-corrected chi connectivity index (χ3v) is 2.62. The fraction of sp³-hybridized carbons (Fsp3) is 0.455. The summed E-state index contributed by atoms with van der Waals surface area (Å²) < 4.78 is 6.59. The summed E-state index contributed by atoms with van der Waals surface area (Å²) in [5.41, 5.74) is 1.30. The van der Waals surface area contributed by atoms with Crippen LogP contribution in [0.3, 0.4) is 0 Å². The SMILES string of the molecule is CCOc1ccc(Br)c(C(C)C)c1. The fourth-order valence-corrected chi connectivity index (χ4v) is 1.93. The van der Waals surface area contributed by atoms with Crippen molar-refractivity contribution in [3.63, 3.8) is 0 Å².